The Balaban J connectivity index is 2.08. The highest BCUT2D eigenvalue weighted by atomic mass is 32.1. The van der Waals surface area contributed by atoms with Gasteiger partial charge in [-0.05, 0) is 24.4 Å². The molecular weight excluding hydrogens is 248 g/mol. The number of ether oxygens (including phenoxy) is 1. The minimum absolute atomic E-state index is 0.402. The number of thiocarbonyl (C=S) groups is 2. The summed E-state index contributed by atoms with van der Waals surface area (Å²) in [5, 5.41) is 0.805. The third-order valence-corrected chi connectivity index (χ3v) is 2.84. The average molecular weight is 258 g/mol. The van der Waals surface area contributed by atoms with E-state index in [4.69, 9.17) is 29.2 Å². The van der Waals surface area contributed by atoms with Crippen molar-refractivity contribution in [3.63, 3.8) is 0 Å². The number of benzene rings is 2. The molecule has 0 N–H and O–H groups in total. The van der Waals surface area contributed by atoms with Gasteiger partial charge < -0.3 is 4.74 Å². The molecule has 0 bridgehead atoms. The molecule has 0 amide bonds. The van der Waals surface area contributed by atoms with E-state index < -0.39 is 0 Å². The molecule has 17 heavy (non-hydrogen) atoms. The lowest BCUT2D eigenvalue weighted by atomic mass is 10.2. The van der Waals surface area contributed by atoms with E-state index in [1.807, 2.05) is 60.7 Å². The molecule has 0 aliphatic heterocycles. The molecule has 0 fully saturated rings. The predicted octanol–water partition coefficient (Wildman–Crippen LogP) is 3.75. The van der Waals surface area contributed by atoms with Crippen LogP contribution < -0.4 is 0 Å². The quantitative estimate of drug-likeness (QED) is 0.759. The van der Waals surface area contributed by atoms with Crippen LogP contribution in [-0.2, 0) is 4.74 Å². The number of hydrogen-bond acceptors (Lipinski definition) is 3. The Morgan fingerprint density at radius 2 is 1.00 bits per heavy atom. The highest BCUT2D eigenvalue weighted by molar-refractivity contribution is 7.81. The van der Waals surface area contributed by atoms with E-state index in [1.165, 1.54) is 0 Å². The van der Waals surface area contributed by atoms with Gasteiger partial charge >= 0.3 is 0 Å². The van der Waals surface area contributed by atoms with Gasteiger partial charge in [0.25, 0.3) is 0 Å². The predicted molar refractivity (Wildman–Crippen MR) is 77.4 cm³/mol. The van der Waals surface area contributed by atoms with Gasteiger partial charge in [0.2, 0.25) is 0 Å². The molecular formula is C14H10OS2. The molecule has 0 unspecified atom stereocenters. The van der Waals surface area contributed by atoms with Gasteiger partial charge in [-0.15, -0.1) is 0 Å². The minimum atomic E-state index is 0.402. The minimum Gasteiger partial charge on any atom is -0.433 e. The first-order valence-corrected chi connectivity index (χ1v) is 5.95. The van der Waals surface area contributed by atoms with Gasteiger partial charge in [0, 0.05) is 11.1 Å². The molecule has 0 atom stereocenters. The molecule has 3 heteroatoms. The second kappa shape index (κ2) is 5.66. The summed E-state index contributed by atoms with van der Waals surface area (Å²) in [5.41, 5.74) is 1.72. The second-order valence-electron chi connectivity index (χ2n) is 3.41. The van der Waals surface area contributed by atoms with Crippen molar-refractivity contribution >= 4 is 34.5 Å². The third kappa shape index (κ3) is 3.19. The molecule has 0 radical (unpaired) electrons. The maximum atomic E-state index is 5.49. The molecule has 0 aliphatic rings. The van der Waals surface area contributed by atoms with Gasteiger partial charge in [0.15, 0.2) is 10.1 Å². The van der Waals surface area contributed by atoms with Crippen LogP contribution in [0.15, 0.2) is 60.7 Å². The largest absolute Gasteiger partial charge is 0.433 e. The van der Waals surface area contributed by atoms with E-state index in [1.54, 1.807) is 0 Å². The Hall–Kier alpha value is -1.58. The van der Waals surface area contributed by atoms with E-state index in [0.717, 1.165) is 11.1 Å². The fraction of sp³-hybridized carbons (Fsp3) is 0. The molecule has 0 aliphatic carbocycles. The Morgan fingerprint density at radius 3 is 1.35 bits per heavy atom. The summed E-state index contributed by atoms with van der Waals surface area (Å²) in [5.74, 6) is 0. The highest BCUT2D eigenvalue weighted by Gasteiger charge is 2.07. The molecule has 2 aromatic rings. The van der Waals surface area contributed by atoms with Gasteiger partial charge in [-0.3, -0.25) is 0 Å². The molecule has 0 spiro atoms. The lowest BCUT2D eigenvalue weighted by Gasteiger charge is -2.07. The van der Waals surface area contributed by atoms with Crippen LogP contribution in [0.5, 0.6) is 0 Å². The summed E-state index contributed by atoms with van der Waals surface area (Å²) in [4.78, 5) is 0. The van der Waals surface area contributed by atoms with Crippen LogP contribution >= 0.6 is 24.4 Å². The van der Waals surface area contributed by atoms with Gasteiger partial charge in [-0.25, -0.2) is 0 Å². The molecule has 1 nitrogen and oxygen atoms in total. The third-order valence-electron chi connectivity index (χ3n) is 2.20. The van der Waals surface area contributed by atoms with E-state index in [2.05, 4.69) is 0 Å². The Kier molecular flexibility index (Phi) is 3.96. The highest BCUT2D eigenvalue weighted by Crippen LogP contribution is 2.08. The summed E-state index contributed by atoms with van der Waals surface area (Å²) in [6.45, 7) is 0. The summed E-state index contributed by atoms with van der Waals surface area (Å²) >= 11 is 10.4. The van der Waals surface area contributed by atoms with Crippen LogP contribution in [0.2, 0.25) is 0 Å². The normalized spacial score (nSPS) is 9.65. The molecule has 0 saturated heterocycles. The molecule has 84 valence electrons. The zero-order valence-electron chi connectivity index (χ0n) is 9.00. The van der Waals surface area contributed by atoms with E-state index >= 15 is 0 Å². The molecule has 0 aromatic heterocycles. The summed E-state index contributed by atoms with van der Waals surface area (Å²) < 4.78 is 5.49. The average Bonchev–Trinajstić information content (AvgIpc) is 2.40. The maximum Gasteiger partial charge on any atom is 0.199 e. The molecule has 2 aromatic carbocycles. The van der Waals surface area contributed by atoms with E-state index in [9.17, 15) is 0 Å². The van der Waals surface area contributed by atoms with Crippen molar-refractivity contribution in [2.75, 3.05) is 0 Å². The van der Waals surface area contributed by atoms with Crippen molar-refractivity contribution in [3.8, 4) is 0 Å². The first-order chi connectivity index (χ1) is 8.27. The Labute approximate surface area is 111 Å². The van der Waals surface area contributed by atoms with Crippen LogP contribution in [0.25, 0.3) is 0 Å². The van der Waals surface area contributed by atoms with E-state index in [-0.39, 0.29) is 0 Å². The van der Waals surface area contributed by atoms with Gasteiger partial charge in [-0.1, -0.05) is 60.7 Å². The van der Waals surface area contributed by atoms with Crippen molar-refractivity contribution in [3.05, 3.63) is 71.8 Å². The molecule has 2 rings (SSSR count). The first kappa shape index (κ1) is 11.9. The van der Waals surface area contributed by atoms with Crippen molar-refractivity contribution < 1.29 is 4.74 Å². The topological polar surface area (TPSA) is 9.23 Å². The standard InChI is InChI=1S/C14H10OS2/c16-13(11-7-3-1-4-8-11)15-14(17)12-9-5-2-6-10-12/h1-10H. The maximum absolute atomic E-state index is 5.49. The fourth-order valence-corrected chi connectivity index (χ4v) is 1.84. The first-order valence-electron chi connectivity index (χ1n) is 5.14. The van der Waals surface area contributed by atoms with Gasteiger partial charge in [0.1, 0.15) is 0 Å². The summed E-state index contributed by atoms with van der Waals surface area (Å²) in [6.07, 6.45) is 0. The smallest absolute Gasteiger partial charge is 0.199 e. The van der Waals surface area contributed by atoms with Gasteiger partial charge in [-0.2, -0.15) is 0 Å². The van der Waals surface area contributed by atoms with Crippen molar-refractivity contribution in [1.82, 2.24) is 0 Å². The van der Waals surface area contributed by atoms with Crippen molar-refractivity contribution in [2.24, 2.45) is 0 Å². The van der Waals surface area contributed by atoms with Crippen LogP contribution in [0, 0.1) is 0 Å². The number of rotatable bonds is 2. The van der Waals surface area contributed by atoms with Gasteiger partial charge in [0.05, 0.1) is 0 Å². The summed E-state index contributed by atoms with van der Waals surface area (Å²) in [7, 11) is 0. The lowest BCUT2D eigenvalue weighted by Crippen LogP contribution is -2.10. The molecule has 0 heterocycles. The lowest BCUT2D eigenvalue weighted by molar-refractivity contribution is 0.578. The van der Waals surface area contributed by atoms with E-state index in [0.29, 0.717) is 10.1 Å². The van der Waals surface area contributed by atoms with Crippen LogP contribution in [-0.4, -0.2) is 10.1 Å². The molecule has 0 saturated carbocycles. The number of hydrogen-bond donors (Lipinski definition) is 0. The van der Waals surface area contributed by atoms with Crippen LogP contribution in [0.1, 0.15) is 11.1 Å². The Bertz CT molecular complexity index is 471. The Morgan fingerprint density at radius 1 is 0.647 bits per heavy atom. The van der Waals surface area contributed by atoms with Crippen molar-refractivity contribution in [2.45, 2.75) is 0 Å². The second-order valence-corrected chi connectivity index (χ2v) is 4.15. The fourth-order valence-electron chi connectivity index (χ4n) is 1.35. The van der Waals surface area contributed by atoms with Crippen LogP contribution in [0.3, 0.4) is 0 Å². The zero-order valence-corrected chi connectivity index (χ0v) is 10.6. The monoisotopic (exact) mass is 258 g/mol. The van der Waals surface area contributed by atoms with Crippen LogP contribution in [0.4, 0.5) is 0 Å². The zero-order chi connectivity index (χ0) is 12.1. The van der Waals surface area contributed by atoms with Crippen molar-refractivity contribution in [1.29, 1.82) is 0 Å². The summed E-state index contributed by atoms with van der Waals surface area (Å²) in [6, 6.07) is 19.1. The SMILES string of the molecule is S=C(OC(=S)c1ccccc1)c1ccccc1.